The number of nitrogens with zero attached hydrogens (tertiary/aromatic N) is 2. The third-order valence-electron chi connectivity index (χ3n) is 1.77. The van der Waals surface area contributed by atoms with E-state index in [1.165, 1.54) is 18.2 Å². The highest BCUT2D eigenvalue weighted by molar-refractivity contribution is 7.11. The number of nitro benzene ring substituents is 1. The average Bonchev–Trinajstić information content (AvgIpc) is 2.63. The summed E-state index contributed by atoms with van der Waals surface area (Å²) >= 11 is 12.5. The van der Waals surface area contributed by atoms with Crippen LogP contribution < -0.4 is 4.74 Å². The fourth-order valence-electron chi connectivity index (χ4n) is 1.10. The van der Waals surface area contributed by atoms with Crippen LogP contribution in [0.15, 0.2) is 23.6 Å². The van der Waals surface area contributed by atoms with Gasteiger partial charge in [-0.2, -0.15) is 4.98 Å². The van der Waals surface area contributed by atoms with Crippen LogP contribution in [-0.4, -0.2) is 9.91 Å². The highest BCUT2D eigenvalue weighted by Crippen LogP contribution is 2.35. The molecule has 0 N–H and O–H groups in total. The number of thiazole rings is 1. The summed E-state index contributed by atoms with van der Waals surface area (Å²) in [4.78, 5) is 14.0. The first-order valence-electron chi connectivity index (χ1n) is 4.29. The highest BCUT2D eigenvalue weighted by Gasteiger charge is 2.17. The molecule has 17 heavy (non-hydrogen) atoms. The van der Waals surface area contributed by atoms with E-state index in [4.69, 9.17) is 27.9 Å². The first-order chi connectivity index (χ1) is 8.06. The van der Waals surface area contributed by atoms with E-state index in [9.17, 15) is 10.1 Å². The van der Waals surface area contributed by atoms with Crippen molar-refractivity contribution in [1.82, 2.24) is 4.98 Å². The van der Waals surface area contributed by atoms with Gasteiger partial charge >= 0.3 is 5.69 Å². The largest absolute Gasteiger partial charge is 0.423 e. The highest BCUT2D eigenvalue weighted by atomic mass is 35.5. The number of nitro groups is 1. The number of aromatic nitrogens is 1. The van der Waals surface area contributed by atoms with Gasteiger partial charge in [0.2, 0.25) is 5.75 Å². The van der Waals surface area contributed by atoms with Gasteiger partial charge in [0.15, 0.2) is 0 Å². The molecule has 0 spiro atoms. The van der Waals surface area contributed by atoms with Crippen molar-refractivity contribution in [2.24, 2.45) is 0 Å². The third kappa shape index (κ3) is 2.85. The molecule has 0 aliphatic heterocycles. The summed E-state index contributed by atoms with van der Waals surface area (Å²) in [5.41, 5.74) is -0.180. The van der Waals surface area contributed by atoms with Crippen LogP contribution in [0, 0.1) is 10.1 Å². The molecule has 0 aliphatic rings. The minimum Gasteiger partial charge on any atom is -0.423 e. The van der Waals surface area contributed by atoms with Crippen molar-refractivity contribution < 1.29 is 9.66 Å². The Morgan fingerprint density at radius 3 is 2.76 bits per heavy atom. The number of ether oxygens (including phenoxy) is 1. The van der Waals surface area contributed by atoms with Crippen LogP contribution in [0.2, 0.25) is 10.2 Å². The lowest BCUT2D eigenvalue weighted by Crippen LogP contribution is -1.93. The third-order valence-corrected chi connectivity index (χ3v) is 3.05. The minimum atomic E-state index is -0.555. The second-order valence-corrected chi connectivity index (χ2v) is 4.55. The van der Waals surface area contributed by atoms with E-state index >= 15 is 0 Å². The second kappa shape index (κ2) is 4.87. The van der Waals surface area contributed by atoms with Crippen molar-refractivity contribution in [3.63, 3.8) is 0 Å². The summed E-state index contributed by atoms with van der Waals surface area (Å²) < 4.78 is 5.27. The van der Waals surface area contributed by atoms with Gasteiger partial charge in [-0.05, 0) is 6.07 Å². The molecular weight excluding hydrogens is 287 g/mol. The Labute approximate surface area is 110 Å². The SMILES string of the molecule is O=[N+]([O-])c1ccc(Cl)cc1Oc1nc(Cl)cs1. The summed E-state index contributed by atoms with van der Waals surface area (Å²) in [6.07, 6.45) is 0. The van der Waals surface area contributed by atoms with E-state index in [-0.39, 0.29) is 21.8 Å². The van der Waals surface area contributed by atoms with E-state index in [2.05, 4.69) is 4.98 Å². The lowest BCUT2D eigenvalue weighted by atomic mass is 10.3. The van der Waals surface area contributed by atoms with Crippen molar-refractivity contribution in [2.75, 3.05) is 0 Å². The molecule has 8 heteroatoms. The van der Waals surface area contributed by atoms with Crippen LogP contribution in [0.1, 0.15) is 0 Å². The summed E-state index contributed by atoms with van der Waals surface area (Å²) in [6.45, 7) is 0. The Balaban J connectivity index is 2.37. The molecular formula is C9H4Cl2N2O3S. The predicted molar refractivity (Wildman–Crippen MR) is 65.3 cm³/mol. The number of rotatable bonds is 3. The first-order valence-corrected chi connectivity index (χ1v) is 5.92. The van der Waals surface area contributed by atoms with Crippen LogP contribution in [0.25, 0.3) is 0 Å². The van der Waals surface area contributed by atoms with Gasteiger partial charge in [0, 0.05) is 22.5 Å². The maximum absolute atomic E-state index is 10.8. The van der Waals surface area contributed by atoms with Crippen molar-refractivity contribution in [3.8, 4) is 10.9 Å². The summed E-state index contributed by atoms with van der Waals surface area (Å²) in [5, 5.41) is 13.2. The topological polar surface area (TPSA) is 65.3 Å². The molecule has 0 radical (unpaired) electrons. The average molecular weight is 291 g/mol. The smallest absolute Gasteiger partial charge is 0.311 e. The maximum atomic E-state index is 10.8. The van der Waals surface area contributed by atoms with Crippen LogP contribution in [0.3, 0.4) is 0 Å². The van der Waals surface area contributed by atoms with Gasteiger partial charge < -0.3 is 4.74 Å². The Morgan fingerprint density at radius 1 is 1.41 bits per heavy atom. The molecule has 1 aromatic heterocycles. The molecule has 0 amide bonds. The fourth-order valence-corrected chi connectivity index (χ4v) is 2.06. The molecule has 0 aliphatic carbocycles. The lowest BCUT2D eigenvalue weighted by molar-refractivity contribution is -0.385. The number of benzene rings is 1. The molecule has 5 nitrogen and oxygen atoms in total. The van der Waals surface area contributed by atoms with Crippen LogP contribution in [0.5, 0.6) is 10.9 Å². The molecule has 2 aromatic rings. The molecule has 0 bridgehead atoms. The Kier molecular flexibility index (Phi) is 3.46. The lowest BCUT2D eigenvalue weighted by Gasteiger charge is -2.02. The minimum absolute atomic E-state index is 0.0357. The van der Waals surface area contributed by atoms with Gasteiger partial charge in [-0.25, -0.2) is 0 Å². The van der Waals surface area contributed by atoms with E-state index in [1.807, 2.05) is 0 Å². The van der Waals surface area contributed by atoms with Gasteiger partial charge in [0.1, 0.15) is 5.15 Å². The van der Waals surface area contributed by atoms with Crippen molar-refractivity contribution in [2.45, 2.75) is 0 Å². The number of hydrogen-bond donors (Lipinski definition) is 0. The zero-order chi connectivity index (χ0) is 12.4. The monoisotopic (exact) mass is 290 g/mol. The van der Waals surface area contributed by atoms with Gasteiger partial charge in [-0.15, -0.1) is 0 Å². The molecule has 1 heterocycles. The van der Waals surface area contributed by atoms with Gasteiger partial charge in [0.25, 0.3) is 5.19 Å². The zero-order valence-electron chi connectivity index (χ0n) is 8.09. The first kappa shape index (κ1) is 12.1. The normalized spacial score (nSPS) is 10.2. The maximum Gasteiger partial charge on any atom is 0.311 e. The quantitative estimate of drug-likeness (QED) is 0.629. The molecule has 1 aromatic carbocycles. The predicted octanol–water partition coefficient (Wildman–Crippen LogP) is 4.15. The van der Waals surface area contributed by atoms with Crippen LogP contribution in [-0.2, 0) is 0 Å². The molecule has 0 saturated heterocycles. The van der Waals surface area contributed by atoms with Crippen molar-refractivity contribution in [1.29, 1.82) is 0 Å². The van der Waals surface area contributed by atoms with Crippen LogP contribution >= 0.6 is 34.5 Å². The van der Waals surface area contributed by atoms with Crippen molar-refractivity contribution in [3.05, 3.63) is 43.9 Å². The fraction of sp³-hybridized carbons (Fsp3) is 0. The van der Waals surface area contributed by atoms with Gasteiger partial charge in [0.05, 0.1) is 4.92 Å². The molecule has 2 rings (SSSR count). The van der Waals surface area contributed by atoms with Gasteiger partial charge in [-0.3, -0.25) is 10.1 Å². The Hall–Kier alpha value is -1.37. The molecule has 88 valence electrons. The summed E-state index contributed by atoms with van der Waals surface area (Å²) in [6, 6.07) is 4.04. The Morgan fingerprint density at radius 2 is 2.18 bits per heavy atom. The van der Waals surface area contributed by atoms with E-state index < -0.39 is 4.92 Å². The summed E-state index contributed by atoms with van der Waals surface area (Å²) in [7, 11) is 0. The Bertz CT molecular complexity index is 573. The number of halogens is 2. The van der Waals surface area contributed by atoms with Crippen LogP contribution in [0.4, 0.5) is 5.69 Å². The van der Waals surface area contributed by atoms with E-state index in [1.54, 1.807) is 5.38 Å². The van der Waals surface area contributed by atoms with Gasteiger partial charge in [-0.1, -0.05) is 34.5 Å². The van der Waals surface area contributed by atoms with E-state index in [0.717, 1.165) is 11.3 Å². The summed E-state index contributed by atoms with van der Waals surface area (Å²) in [5.74, 6) is 0.0357. The molecule has 0 saturated carbocycles. The van der Waals surface area contributed by atoms with Crippen molar-refractivity contribution >= 4 is 40.2 Å². The molecule has 0 unspecified atom stereocenters. The molecule has 0 fully saturated rings. The standard InChI is InChI=1S/C9H4Cl2N2O3S/c10-5-1-2-6(13(14)15)7(3-5)16-9-12-8(11)4-17-9/h1-4H. The van der Waals surface area contributed by atoms with E-state index in [0.29, 0.717) is 5.02 Å². The second-order valence-electron chi connectivity index (χ2n) is 2.91. The molecule has 0 atom stereocenters. The zero-order valence-corrected chi connectivity index (χ0v) is 10.4. The number of hydrogen-bond acceptors (Lipinski definition) is 5.